The van der Waals surface area contributed by atoms with Crippen LogP contribution in [0.5, 0.6) is 5.75 Å². The number of hydrogen-bond acceptors (Lipinski definition) is 5. The molecule has 0 amide bonds. The molecule has 5 heteroatoms. The van der Waals surface area contributed by atoms with E-state index in [2.05, 4.69) is 9.97 Å². The van der Waals surface area contributed by atoms with Crippen molar-refractivity contribution in [2.75, 3.05) is 31.2 Å². The van der Waals surface area contributed by atoms with Gasteiger partial charge in [0.2, 0.25) is 0 Å². The SMILES string of the molecule is Oc1c(N2CCOCC2)ncc2cccnc12. The summed E-state index contributed by atoms with van der Waals surface area (Å²) < 4.78 is 5.28. The molecule has 0 bridgehead atoms. The van der Waals surface area contributed by atoms with Gasteiger partial charge in [0.25, 0.3) is 0 Å². The number of rotatable bonds is 1. The molecular formula is C12H13N3O2. The predicted octanol–water partition coefficient (Wildman–Crippen LogP) is 1.17. The fraction of sp³-hybridized carbons (Fsp3) is 0.333. The van der Waals surface area contributed by atoms with Gasteiger partial charge in [-0.05, 0) is 12.1 Å². The van der Waals surface area contributed by atoms with E-state index < -0.39 is 0 Å². The number of morpholine rings is 1. The Kier molecular flexibility index (Phi) is 2.53. The molecule has 88 valence electrons. The number of anilines is 1. The van der Waals surface area contributed by atoms with Gasteiger partial charge in [-0.2, -0.15) is 0 Å². The summed E-state index contributed by atoms with van der Waals surface area (Å²) in [5.74, 6) is 0.754. The molecule has 2 aromatic heterocycles. The van der Waals surface area contributed by atoms with Crippen molar-refractivity contribution in [3.8, 4) is 5.75 Å². The van der Waals surface area contributed by atoms with Crippen LogP contribution in [0.3, 0.4) is 0 Å². The molecule has 2 aromatic rings. The molecule has 0 aliphatic carbocycles. The monoisotopic (exact) mass is 231 g/mol. The van der Waals surface area contributed by atoms with Crippen molar-refractivity contribution in [1.82, 2.24) is 9.97 Å². The molecule has 17 heavy (non-hydrogen) atoms. The molecular weight excluding hydrogens is 218 g/mol. The Morgan fingerprint density at radius 1 is 1.24 bits per heavy atom. The highest BCUT2D eigenvalue weighted by molar-refractivity contribution is 5.87. The fourth-order valence-corrected chi connectivity index (χ4v) is 2.02. The van der Waals surface area contributed by atoms with Crippen molar-refractivity contribution < 1.29 is 9.84 Å². The van der Waals surface area contributed by atoms with Crippen LogP contribution in [-0.2, 0) is 4.74 Å². The van der Waals surface area contributed by atoms with Gasteiger partial charge in [-0.3, -0.25) is 4.98 Å². The largest absolute Gasteiger partial charge is 0.503 e. The van der Waals surface area contributed by atoms with E-state index in [0.29, 0.717) is 24.5 Å². The Labute approximate surface area is 98.7 Å². The van der Waals surface area contributed by atoms with E-state index >= 15 is 0 Å². The third-order valence-corrected chi connectivity index (χ3v) is 2.91. The topological polar surface area (TPSA) is 58.5 Å². The zero-order chi connectivity index (χ0) is 11.7. The minimum absolute atomic E-state index is 0.157. The lowest BCUT2D eigenvalue weighted by Crippen LogP contribution is -2.36. The van der Waals surface area contributed by atoms with E-state index in [4.69, 9.17) is 4.74 Å². The second kappa shape index (κ2) is 4.18. The third-order valence-electron chi connectivity index (χ3n) is 2.91. The van der Waals surface area contributed by atoms with Crippen molar-refractivity contribution in [3.63, 3.8) is 0 Å². The van der Waals surface area contributed by atoms with E-state index in [1.54, 1.807) is 12.4 Å². The van der Waals surface area contributed by atoms with E-state index in [0.717, 1.165) is 18.5 Å². The lowest BCUT2D eigenvalue weighted by Gasteiger charge is -2.28. The fourth-order valence-electron chi connectivity index (χ4n) is 2.02. The summed E-state index contributed by atoms with van der Waals surface area (Å²) in [6.07, 6.45) is 3.41. The molecule has 0 spiro atoms. The van der Waals surface area contributed by atoms with Crippen LogP contribution in [0.1, 0.15) is 0 Å². The third kappa shape index (κ3) is 1.78. The van der Waals surface area contributed by atoms with E-state index in [9.17, 15) is 5.11 Å². The summed E-state index contributed by atoms with van der Waals surface area (Å²) in [7, 11) is 0. The van der Waals surface area contributed by atoms with E-state index in [-0.39, 0.29) is 5.75 Å². The second-order valence-electron chi connectivity index (χ2n) is 3.97. The van der Waals surface area contributed by atoms with Crippen LogP contribution in [0.25, 0.3) is 10.9 Å². The van der Waals surface area contributed by atoms with Crippen LogP contribution in [0, 0.1) is 0 Å². The van der Waals surface area contributed by atoms with Crippen molar-refractivity contribution in [3.05, 3.63) is 24.5 Å². The van der Waals surface area contributed by atoms with Gasteiger partial charge >= 0.3 is 0 Å². The molecule has 0 aromatic carbocycles. The van der Waals surface area contributed by atoms with Gasteiger partial charge in [0, 0.05) is 30.9 Å². The lowest BCUT2D eigenvalue weighted by atomic mass is 10.2. The molecule has 5 nitrogen and oxygen atoms in total. The van der Waals surface area contributed by atoms with Crippen molar-refractivity contribution in [2.45, 2.75) is 0 Å². The van der Waals surface area contributed by atoms with Crippen LogP contribution in [0.2, 0.25) is 0 Å². The standard InChI is InChI=1S/C12H13N3O2/c16-11-10-9(2-1-3-13-10)8-14-12(11)15-4-6-17-7-5-15/h1-3,8,16H,4-7H2. The highest BCUT2D eigenvalue weighted by atomic mass is 16.5. The van der Waals surface area contributed by atoms with Gasteiger partial charge in [0.15, 0.2) is 11.6 Å². The lowest BCUT2D eigenvalue weighted by molar-refractivity contribution is 0.122. The Morgan fingerprint density at radius 2 is 2.06 bits per heavy atom. The van der Waals surface area contributed by atoms with Gasteiger partial charge in [-0.15, -0.1) is 0 Å². The summed E-state index contributed by atoms with van der Waals surface area (Å²) in [6, 6.07) is 3.72. The number of ether oxygens (including phenoxy) is 1. The molecule has 0 radical (unpaired) electrons. The number of hydrogen-bond donors (Lipinski definition) is 1. The van der Waals surface area contributed by atoms with Crippen LogP contribution in [0.15, 0.2) is 24.5 Å². The molecule has 1 saturated heterocycles. The molecule has 3 rings (SSSR count). The molecule has 3 heterocycles. The number of pyridine rings is 2. The average molecular weight is 231 g/mol. The van der Waals surface area contributed by atoms with Crippen LogP contribution in [0.4, 0.5) is 5.82 Å². The predicted molar refractivity (Wildman–Crippen MR) is 64.2 cm³/mol. The maximum Gasteiger partial charge on any atom is 0.185 e. The quantitative estimate of drug-likeness (QED) is 0.798. The molecule has 1 aliphatic heterocycles. The first kappa shape index (κ1) is 10.3. The van der Waals surface area contributed by atoms with Gasteiger partial charge < -0.3 is 14.7 Å². The molecule has 1 N–H and O–H groups in total. The zero-order valence-electron chi connectivity index (χ0n) is 9.33. The average Bonchev–Trinajstić information content (AvgIpc) is 2.40. The number of aromatic nitrogens is 2. The first-order valence-electron chi connectivity index (χ1n) is 5.61. The summed E-state index contributed by atoms with van der Waals surface area (Å²) in [6.45, 7) is 2.83. The Balaban J connectivity index is 2.07. The maximum atomic E-state index is 10.2. The minimum atomic E-state index is 0.157. The van der Waals surface area contributed by atoms with Crippen LogP contribution >= 0.6 is 0 Å². The van der Waals surface area contributed by atoms with Gasteiger partial charge in [0.1, 0.15) is 5.52 Å². The summed E-state index contributed by atoms with van der Waals surface area (Å²) in [5.41, 5.74) is 0.601. The van der Waals surface area contributed by atoms with Gasteiger partial charge in [-0.25, -0.2) is 4.98 Å². The summed E-state index contributed by atoms with van der Waals surface area (Å²) in [5, 5.41) is 11.0. The summed E-state index contributed by atoms with van der Waals surface area (Å²) >= 11 is 0. The smallest absolute Gasteiger partial charge is 0.185 e. The highest BCUT2D eigenvalue weighted by Crippen LogP contribution is 2.31. The molecule has 0 saturated carbocycles. The van der Waals surface area contributed by atoms with Crippen molar-refractivity contribution in [2.24, 2.45) is 0 Å². The van der Waals surface area contributed by atoms with Gasteiger partial charge in [0.05, 0.1) is 13.2 Å². The first-order valence-corrected chi connectivity index (χ1v) is 5.61. The highest BCUT2D eigenvalue weighted by Gasteiger charge is 2.18. The Bertz CT molecular complexity index is 538. The minimum Gasteiger partial charge on any atom is -0.503 e. The normalized spacial score (nSPS) is 16.4. The van der Waals surface area contributed by atoms with Crippen LogP contribution < -0.4 is 4.90 Å². The second-order valence-corrected chi connectivity index (χ2v) is 3.97. The van der Waals surface area contributed by atoms with E-state index in [1.165, 1.54) is 0 Å². The molecule has 0 unspecified atom stereocenters. The number of fused-ring (bicyclic) bond motifs is 1. The van der Waals surface area contributed by atoms with Crippen molar-refractivity contribution >= 4 is 16.7 Å². The Morgan fingerprint density at radius 3 is 2.88 bits per heavy atom. The van der Waals surface area contributed by atoms with Gasteiger partial charge in [-0.1, -0.05) is 0 Å². The Hall–Kier alpha value is -1.88. The molecule has 0 atom stereocenters. The first-order chi connectivity index (χ1) is 8.36. The number of nitrogens with zero attached hydrogens (tertiary/aromatic N) is 3. The van der Waals surface area contributed by atoms with E-state index in [1.807, 2.05) is 17.0 Å². The molecule has 1 aliphatic rings. The number of aromatic hydroxyl groups is 1. The maximum absolute atomic E-state index is 10.2. The summed E-state index contributed by atoms with van der Waals surface area (Å²) in [4.78, 5) is 10.5. The van der Waals surface area contributed by atoms with Crippen LogP contribution in [-0.4, -0.2) is 41.4 Å². The molecule has 1 fully saturated rings. The zero-order valence-corrected chi connectivity index (χ0v) is 9.33. The van der Waals surface area contributed by atoms with Crippen molar-refractivity contribution in [1.29, 1.82) is 0 Å².